The molecule has 0 aromatic carbocycles. The number of aliphatic carboxylic acids is 1. The summed E-state index contributed by atoms with van der Waals surface area (Å²) in [5, 5.41) is 11.9. The average Bonchev–Trinajstić information content (AvgIpc) is 2.83. The van der Waals surface area contributed by atoms with Crippen molar-refractivity contribution in [3.8, 4) is 0 Å². The summed E-state index contributed by atoms with van der Waals surface area (Å²) < 4.78 is 1.92. The number of rotatable bonds is 4. The second kappa shape index (κ2) is 5.78. The van der Waals surface area contributed by atoms with Crippen LogP contribution < -0.4 is 10.9 Å². The Hall–Kier alpha value is -1.63. The first-order valence-electron chi connectivity index (χ1n) is 6.33. The van der Waals surface area contributed by atoms with E-state index >= 15 is 0 Å². The van der Waals surface area contributed by atoms with Gasteiger partial charge in [0.25, 0.3) is 5.56 Å². The molecule has 0 atom stereocenters. The fraction of sp³-hybridized carbons (Fsp3) is 0.462. The Morgan fingerprint density at radius 3 is 2.60 bits per heavy atom. The van der Waals surface area contributed by atoms with Gasteiger partial charge in [-0.3, -0.25) is 9.59 Å². The van der Waals surface area contributed by atoms with Gasteiger partial charge in [-0.1, -0.05) is 12.8 Å². The number of carboxylic acid groups (broad SMARTS) is 1. The van der Waals surface area contributed by atoms with Crippen LogP contribution in [-0.2, 0) is 16.1 Å². The molecule has 1 aromatic heterocycles. The molecule has 0 radical (unpaired) electrons. The zero-order chi connectivity index (χ0) is 14.8. The zero-order valence-electron chi connectivity index (χ0n) is 10.8. The molecule has 1 heterocycles. The molecule has 6 nitrogen and oxygen atoms in total. The van der Waals surface area contributed by atoms with E-state index in [9.17, 15) is 19.5 Å². The van der Waals surface area contributed by atoms with Crippen LogP contribution in [0.1, 0.15) is 25.7 Å². The Balaban J connectivity index is 2.11. The number of carboxylic acids is 1. The summed E-state index contributed by atoms with van der Waals surface area (Å²) >= 11 is 3.22. The largest absolute Gasteiger partial charge is 0.480 e. The number of hydrogen-bond acceptors (Lipinski definition) is 3. The maximum Gasteiger partial charge on any atom is 0.329 e. The number of nitrogens with zero attached hydrogens (tertiary/aromatic N) is 1. The first-order valence-corrected chi connectivity index (χ1v) is 7.13. The molecule has 1 fully saturated rings. The molecule has 0 aliphatic heterocycles. The van der Waals surface area contributed by atoms with Crippen molar-refractivity contribution in [1.82, 2.24) is 9.88 Å². The van der Waals surface area contributed by atoms with Gasteiger partial charge in [-0.15, -0.1) is 0 Å². The van der Waals surface area contributed by atoms with E-state index in [-0.39, 0.29) is 12.1 Å². The highest BCUT2D eigenvalue weighted by molar-refractivity contribution is 9.10. The van der Waals surface area contributed by atoms with Crippen molar-refractivity contribution >= 4 is 27.8 Å². The third-order valence-corrected chi connectivity index (χ3v) is 3.98. The fourth-order valence-electron chi connectivity index (χ4n) is 2.46. The number of hydrogen-bond donors (Lipinski definition) is 2. The molecule has 0 saturated heterocycles. The van der Waals surface area contributed by atoms with Crippen LogP contribution in [0.2, 0.25) is 0 Å². The van der Waals surface area contributed by atoms with E-state index < -0.39 is 17.4 Å². The topological polar surface area (TPSA) is 88.4 Å². The number of carbonyl (C=O) groups excluding carboxylic acids is 1. The minimum absolute atomic E-state index is 0.187. The van der Waals surface area contributed by atoms with Crippen LogP contribution in [0.15, 0.2) is 27.6 Å². The maximum atomic E-state index is 12.0. The van der Waals surface area contributed by atoms with E-state index in [1.807, 2.05) is 0 Å². The smallest absolute Gasteiger partial charge is 0.329 e. The molecule has 2 N–H and O–H groups in total. The summed E-state index contributed by atoms with van der Waals surface area (Å²) in [4.78, 5) is 34.9. The molecule has 0 bridgehead atoms. The van der Waals surface area contributed by atoms with E-state index in [0.717, 1.165) is 12.8 Å². The molecule has 1 aromatic rings. The SMILES string of the molecule is O=C(Cn1cc(Br)ccc1=O)NC1(C(=O)O)CCCC1. The number of halogens is 1. The van der Waals surface area contributed by atoms with Gasteiger partial charge in [0.2, 0.25) is 5.91 Å². The number of aromatic nitrogens is 1. The highest BCUT2D eigenvalue weighted by atomic mass is 79.9. The molecule has 0 spiro atoms. The van der Waals surface area contributed by atoms with Crippen LogP contribution in [0.25, 0.3) is 0 Å². The number of nitrogens with one attached hydrogen (secondary N) is 1. The van der Waals surface area contributed by atoms with Gasteiger partial charge in [-0.05, 0) is 34.8 Å². The first-order chi connectivity index (χ1) is 9.43. The van der Waals surface area contributed by atoms with E-state index in [4.69, 9.17) is 0 Å². The lowest BCUT2D eigenvalue weighted by atomic mass is 9.98. The van der Waals surface area contributed by atoms with Crippen LogP contribution in [0.3, 0.4) is 0 Å². The lowest BCUT2D eigenvalue weighted by molar-refractivity contribution is -0.147. The van der Waals surface area contributed by atoms with Gasteiger partial charge in [0.1, 0.15) is 12.1 Å². The molecule has 2 rings (SSSR count). The molecular weight excluding hydrogens is 328 g/mol. The first kappa shape index (κ1) is 14.8. The summed E-state index contributed by atoms with van der Waals surface area (Å²) in [6.45, 7) is -0.187. The van der Waals surface area contributed by atoms with Crippen LogP contribution in [0.4, 0.5) is 0 Å². The van der Waals surface area contributed by atoms with Gasteiger partial charge in [0.05, 0.1) is 0 Å². The van der Waals surface area contributed by atoms with Crippen LogP contribution in [-0.4, -0.2) is 27.1 Å². The number of carbonyl (C=O) groups is 2. The highest BCUT2D eigenvalue weighted by Crippen LogP contribution is 2.29. The molecule has 20 heavy (non-hydrogen) atoms. The fourth-order valence-corrected chi connectivity index (χ4v) is 2.84. The summed E-state index contributed by atoms with van der Waals surface area (Å²) in [6, 6.07) is 2.94. The highest BCUT2D eigenvalue weighted by Gasteiger charge is 2.42. The van der Waals surface area contributed by atoms with Crippen molar-refractivity contribution < 1.29 is 14.7 Å². The van der Waals surface area contributed by atoms with E-state index in [1.54, 1.807) is 6.07 Å². The summed E-state index contributed by atoms with van der Waals surface area (Å²) in [7, 11) is 0. The van der Waals surface area contributed by atoms with Crippen LogP contribution in [0.5, 0.6) is 0 Å². The Labute approximate surface area is 123 Å². The Bertz CT molecular complexity index is 590. The van der Waals surface area contributed by atoms with Crippen molar-refractivity contribution in [2.75, 3.05) is 0 Å². The monoisotopic (exact) mass is 342 g/mol. The lowest BCUT2D eigenvalue weighted by Gasteiger charge is -2.25. The number of pyridine rings is 1. The van der Waals surface area contributed by atoms with Gasteiger partial charge in [-0.2, -0.15) is 0 Å². The Morgan fingerprint density at radius 2 is 2.00 bits per heavy atom. The summed E-state index contributed by atoms with van der Waals surface area (Å²) in [5.41, 5.74) is -1.48. The Kier molecular flexibility index (Phi) is 4.27. The van der Waals surface area contributed by atoms with E-state index in [2.05, 4.69) is 21.2 Å². The minimum Gasteiger partial charge on any atom is -0.480 e. The van der Waals surface area contributed by atoms with Crippen LogP contribution >= 0.6 is 15.9 Å². The van der Waals surface area contributed by atoms with Gasteiger partial charge >= 0.3 is 5.97 Å². The summed E-state index contributed by atoms with van der Waals surface area (Å²) in [6.07, 6.45) is 3.93. The second-order valence-corrected chi connectivity index (χ2v) is 5.87. The van der Waals surface area contributed by atoms with Gasteiger partial charge in [0, 0.05) is 16.7 Å². The van der Waals surface area contributed by atoms with Crippen molar-refractivity contribution in [2.24, 2.45) is 0 Å². The second-order valence-electron chi connectivity index (χ2n) is 4.96. The molecule has 0 unspecified atom stereocenters. The van der Waals surface area contributed by atoms with E-state index in [0.29, 0.717) is 17.3 Å². The number of amides is 1. The van der Waals surface area contributed by atoms with Gasteiger partial charge < -0.3 is 15.0 Å². The Morgan fingerprint density at radius 1 is 1.35 bits per heavy atom. The third-order valence-electron chi connectivity index (χ3n) is 3.51. The minimum atomic E-state index is -1.17. The molecule has 1 aliphatic rings. The molecule has 1 saturated carbocycles. The molecular formula is C13H15BrN2O4. The molecule has 7 heteroatoms. The quantitative estimate of drug-likeness (QED) is 0.858. The lowest BCUT2D eigenvalue weighted by Crippen LogP contribution is -2.53. The van der Waals surface area contributed by atoms with E-state index in [1.165, 1.54) is 16.8 Å². The van der Waals surface area contributed by atoms with Crippen molar-refractivity contribution in [2.45, 2.75) is 37.8 Å². The van der Waals surface area contributed by atoms with Gasteiger partial charge in [0.15, 0.2) is 0 Å². The average molecular weight is 343 g/mol. The predicted molar refractivity (Wildman–Crippen MR) is 75.4 cm³/mol. The van der Waals surface area contributed by atoms with Crippen molar-refractivity contribution in [3.05, 3.63) is 33.2 Å². The maximum absolute atomic E-state index is 12.0. The van der Waals surface area contributed by atoms with Crippen LogP contribution in [0, 0.1) is 0 Å². The molecule has 1 aliphatic carbocycles. The molecule has 1 amide bonds. The van der Waals surface area contributed by atoms with Crippen molar-refractivity contribution in [3.63, 3.8) is 0 Å². The predicted octanol–water partition coefficient (Wildman–Crippen LogP) is 1.12. The normalized spacial score (nSPS) is 16.9. The summed E-state index contributed by atoms with van der Waals surface area (Å²) in [5.74, 6) is -1.47. The standard InChI is InChI=1S/C13H15BrN2O4/c14-9-3-4-11(18)16(7-9)8-10(17)15-13(12(19)20)5-1-2-6-13/h3-4,7H,1-2,5-6,8H2,(H,15,17)(H,19,20). The van der Waals surface area contributed by atoms with Gasteiger partial charge in [-0.25, -0.2) is 4.79 Å². The zero-order valence-corrected chi connectivity index (χ0v) is 12.4. The third kappa shape index (κ3) is 3.09. The van der Waals surface area contributed by atoms with Crippen molar-refractivity contribution in [1.29, 1.82) is 0 Å². The molecule has 108 valence electrons.